The Morgan fingerprint density at radius 3 is 2.53 bits per heavy atom. The topological polar surface area (TPSA) is 29.1 Å². The third-order valence-electron chi connectivity index (χ3n) is 2.86. The normalized spacial score (nSPS) is 12.6. The zero-order chi connectivity index (χ0) is 12.9. The molecule has 2 heteroatoms. The van der Waals surface area contributed by atoms with Crippen LogP contribution < -0.4 is 5.32 Å². The van der Waals surface area contributed by atoms with E-state index in [0.29, 0.717) is 6.42 Å². The summed E-state index contributed by atoms with van der Waals surface area (Å²) >= 11 is 0. The van der Waals surface area contributed by atoms with Crippen molar-refractivity contribution in [3.8, 4) is 12.3 Å². The predicted octanol–water partition coefficient (Wildman–Crippen LogP) is 2.49. The maximum Gasteiger partial charge on any atom is 0.230 e. The number of terminal acetylenes is 1. The molecule has 1 atom stereocenters. The van der Waals surface area contributed by atoms with Crippen LogP contribution in [-0.4, -0.2) is 11.9 Å². The number of carbonyl (C=O) groups is 1. The highest BCUT2D eigenvalue weighted by Gasteiger charge is 2.30. The van der Waals surface area contributed by atoms with E-state index < -0.39 is 5.41 Å². The lowest BCUT2D eigenvalue weighted by Crippen LogP contribution is -2.44. The molecular formula is C15H19NO. The molecule has 0 aromatic heterocycles. The fourth-order valence-corrected chi connectivity index (χ4v) is 1.62. The minimum atomic E-state index is -0.538. The van der Waals surface area contributed by atoms with Crippen molar-refractivity contribution in [2.75, 3.05) is 0 Å². The number of nitrogens with one attached hydrogen (secondary N) is 1. The summed E-state index contributed by atoms with van der Waals surface area (Å²) in [5.74, 6) is 2.56. The molecule has 0 spiro atoms. The maximum atomic E-state index is 12.2. The van der Waals surface area contributed by atoms with Crippen LogP contribution in [0.3, 0.4) is 0 Å². The van der Waals surface area contributed by atoms with Crippen molar-refractivity contribution in [1.82, 2.24) is 5.32 Å². The first kappa shape index (κ1) is 13.3. The van der Waals surface area contributed by atoms with Crippen molar-refractivity contribution in [1.29, 1.82) is 0 Å². The smallest absolute Gasteiger partial charge is 0.230 e. The van der Waals surface area contributed by atoms with E-state index in [-0.39, 0.29) is 11.9 Å². The van der Waals surface area contributed by atoms with Gasteiger partial charge in [0.2, 0.25) is 5.91 Å². The average molecular weight is 229 g/mol. The zero-order valence-corrected chi connectivity index (χ0v) is 10.7. The van der Waals surface area contributed by atoms with Crippen molar-refractivity contribution in [2.24, 2.45) is 0 Å². The molecule has 0 fully saturated rings. The Hall–Kier alpha value is -1.75. The molecule has 0 aliphatic rings. The Labute approximate surface area is 103 Å². The molecule has 1 amide bonds. The highest BCUT2D eigenvalue weighted by atomic mass is 16.2. The second-order valence-corrected chi connectivity index (χ2v) is 4.77. The van der Waals surface area contributed by atoms with Gasteiger partial charge in [-0.05, 0) is 26.3 Å². The van der Waals surface area contributed by atoms with Crippen molar-refractivity contribution >= 4 is 5.91 Å². The maximum absolute atomic E-state index is 12.2. The summed E-state index contributed by atoms with van der Waals surface area (Å²) in [6.07, 6.45) is 5.78. The number of rotatable bonds is 4. The molecule has 1 aromatic rings. The summed E-state index contributed by atoms with van der Waals surface area (Å²) in [6, 6.07) is 9.76. The fraction of sp³-hybridized carbons (Fsp3) is 0.400. The summed E-state index contributed by atoms with van der Waals surface area (Å²) in [4.78, 5) is 12.2. The Morgan fingerprint density at radius 2 is 2.00 bits per heavy atom. The SMILES string of the molecule is C#CCC(C)NC(=O)C(C)(C)c1ccccc1. The Kier molecular flexibility index (Phi) is 4.34. The number of hydrogen-bond donors (Lipinski definition) is 1. The average Bonchev–Trinajstić information content (AvgIpc) is 2.30. The molecule has 1 rings (SSSR count). The van der Waals surface area contributed by atoms with Crippen LogP contribution in [0.4, 0.5) is 0 Å². The van der Waals surface area contributed by atoms with Crippen LogP contribution in [0.5, 0.6) is 0 Å². The molecule has 0 saturated carbocycles. The highest BCUT2D eigenvalue weighted by molar-refractivity contribution is 5.87. The van der Waals surface area contributed by atoms with Gasteiger partial charge in [-0.15, -0.1) is 12.3 Å². The lowest BCUT2D eigenvalue weighted by molar-refractivity contribution is -0.126. The Morgan fingerprint density at radius 1 is 1.41 bits per heavy atom. The third-order valence-corrected chi connectivity index (χ3v) is 2.86. The van der Waals surface area contributed by atoms with E-state index >= 15 is 0 Å². The van der Waals surface area contributed by atoms with Gasteiger partial charge in [0, 0.05) is 12.5 Å². The third kappa shape index (κ3) is 3.35. The van der Waals surface area contributed by atoms with Crippen molar-refractivity contribution in [3.05, 3.63) is 35.9 Å². The number of hydrogen-bond acceptors (Lipinski definition) is 1. The van der Waals surface area contributed by atoms with Gasteiger partial charge in [0.15, 0.2) is 0 Å². The highest BCUT2D eigenvalue weighted by Crippen LogP contribution is 2.23. The van der Waals surface area contributed by atoms with E-state index in [4.69, 9.17) is 6.42 Å². The minimum absolute atomic E-state index is 0.00597. The second-order valence-electron chi connectivity index (χ2n) is 4.77. The molecule has 0 bridgehead atoms. The van der Waals surface area contributed by atoms with Crippen LogP contribution in [0, 0.1) is 12.3 Å². The van der Waals surface area contributed by atoms with E-state index in [1.165, 1.54) is 0 Å². The molecule has 2 nitrogen and oxygen atoms in total. The summed E-state index contributed by atoms with van der Waals surface area (Å²) in [5.41, 5.74) is 0.467. The van der Waals surface area contributed by atoms with Gasteiger partial charge in [-0.25, -0.2) is 0 Å². The summed E-state index contributed by atoms with van der Waals surface area (Å²) < 4.78 is 0. The molecule has 1 unspecified atom stereocenters. The standard InChI is InChI=1S/C15H19NO/c1-5-9-12(2)16-14(17)15(3,4)13-10-7-6-8-11-13/h1,6-8,10-12H,9H2,2-4H3,(H,16,17). The molecule has 17 heavy (non-hydrogen) atoms. The van der Waals surface area contributed by atoms with E-state index in [0.717, 1.165) is 5.56 Å². The molecule has 0 radical (unpaired) electrons. The van der Waals surface area contributed by atoms with Crippen LogP contribution in [0.25, 0.3) is 0 Å². The molecule has 90 valence electrons. The van der Waals surface area contributed by atoms with Gasteiger partial charge in [-0.3, -0.25) is 4.79 Å². The number of amides is 1. The van der Waals surface area contributed by atoms with Crippen molar-refractivity contribution in [3.63, 3.8) is 0 Å². The zero-order valence-electron chi connectivity index (χ0n) is 10.7. The lowest BCUT2D eigenvalue weighted by Gasteiger charge is -2.26. The van der Waals surface area contributed by atoms with Gasteiger partial charge in [0.25, 0.3) is 0 Å². The van der Waals surface area contributed by atoms with Gasteiger partial charge in [-0.2, -0.15) is 0 Å². The second kappa shape index (κ2) is 5.54. The van der Waals surface area contributed by atoms with Gasteiger partial charge in [0.1, 0.15) is 0 Å². The number of carbonyl (C=O) groups excluding carboxylic acids is 1. The van der Waals surface area contributed by atoms with Crippen LogP contribution in [0.2, 0.25) is 0 Å². The summed E-state index contributed by atoms with van der Waals surface area (Å²) in [5, 5.41) is 2.94. The minimum Gasteiger partial charge on any atom is -0.352 e. The van der Waals surface area contributed by atoms with E-state index in [1.54, 1.807) is 0 Å². The van der Waals surface area contributed by atoms with Gasteiger partial charge in [-0.1, -0.05) is 30.3 Å². The first-order valence-electron chi connectivity index (χ1n) is 5.78. The summed E-state index contributed by atoms with van der Waals surface area (Å²) in [6.45, 7) is 5.75. The molecule has 0 aliphatic heterocycles. The Bertz CT molecular complexity index is 414. The molecule has 0 saturated heterocycles. The van der Waals surface area contributed by atoms with E-state index in [9.17, 15) is 4.79 Å². The van der Waals surface area contributed by atoms with Crippen LogP contribution in [0.15, 0.2) is 30.3 Å². The Balaban J connectivity index is 2.78. The van der Waals surface area contributed by atoms with E-state index in [2.05, 4.69) is 11.2 Å². The molecular weight excluding hydrogens is 210 g/mol. The molecule has 1 N–H and O–H groups in total. The summed E-state index contributed by atoms with van der Waals surface area (Å²) in [7, 11) is 0. The lowest BCUT2D eigenvalue weighted by atomic mass is 9.83. The molecule has 1 aromatic carbocycles. The molecule has 0 heterocycles. The first-order chi connectivity index (χ1) is 7.98. The van der Waals surface area contributed by atoms with Crippen LogP contribution >= 0.6 is 0 Å². The predicted molar refractivity (Wildman–Crippen MR) is 70.5 cm³/mol. The fourth-order valence-electron chi connectivity index (χ4n) is 1.62. The van der Waals surface area contributed by atoms with Crippen LogP contribution in [-0.2, 0) is 10.2 Å². The van der Waals surface area contributed by atoms with Crippen molar-refractivity contribution < 1.29 is 4.79 Å². The van der Waals surface area contributed by atoms with E-state index in [1.807, 2.05) is 51.1 Å². The molecule has 0 aliphatic carbocycles. The first-order valence-corrected chi connectivity index (χ1v) is 5.78. The quantitative estimate of drug-likeness (QED) is 0.790. The van der Waals surface area contributed by atoms with Crippen LogP contribution in [0.1, 0.15) is 32.8 Å². The van der Waals surface area contributed by atoms with Crippen molar-refractivity contribution in [2.45, 2.75) is 38.6 Å². The van der Waals surface area contributed by atoms with Gasteiger partial charge in [0.05, 0.1) is 5.41 Å². The largest absolute Gasteiger partial charge is 0.352 e. The monoisotopic (exact) mass is 229 g/mol. The van der Waals surface area contributed by atoms with Gasteiger partial charge < -0.3 is 5.32 Å². The number of benzene rings is 1. The van der Waals surface area contributed by atoms with Gasteiger partial charge >= 0.3 is 0 Å².